The minimum atomic E-state index is 0.769. The molecule has 1 N–H and O–H groups in total. The van der Waals surface area contributed by atoms with Gasteiger partial charge in [0.25, 0.3) is 0 Å². The summed E-state index contributed by atoms with van der Waals surface area (Å²) in [5.74, 6) is 0. The highest BCUT2D eigenvalue weighted by Gasteiger charge is 2.01. The van der Waals surface area contributed by atoms with Gasteiger partial charge in [-0.25, -0.2) is 0 Å². The van der Waals surface area contributed by atoms with Crippen molar-refractivity contribution < 1.29 is 0 Å². The highest BCUT2D eigenvalue weighted by molar-refractivity contribution is 6.35. The van der Waals surface area contributed by atoms with Crippen molar-refractivity contribution in [1.29, 1.82) is 0 Å². The average Bonchev–Trinajstić information content (AvgIpc) is 2.49. The Morgan fingerprint density at radius 1 is 1.42 bits per heavy atom. The first kappa shape index (κ1) is 7.69. The van der Waals surface area contributed by atoms with E-state index in [-0.39, 0.29) is 0 Å². The van der Waals surface area contributed by atoms with Crippen molar-refractivity contribution >= 4 is 22.5 Å². The van der Waals surface area contributed by atoms with Gasteiger partial charge in [-0.3, -0.25) is 0 Å². The van der Waals surface area contributed by atoms with E-state index in [0.717, 1.165) is 28.0 Å². The maximum atomic E-state index is 5.99. The van der Waals surface area contributed by atoms with Crippen LogP contribution >= 0.6 is 11.6 Å². The van der Waals surface area contributed by atoms with Crippen molar-refractivity contribution in [1.82, 2.24) is 4.98 Å². The molecule has 0 saturated heterocycles. The van der Waals surface area contributed by atoms with E-state index in [0.29, 0.717) is 0 Å². The molecule has 1 nitrogen and oxygen atoms in total. The Bertz CT molecular complexity index is 403. The van der Waals surface area contributed by atoms with Gasteiger partial charge in [0.15, 0.2) is 0 Å². The van der Waals surface area contributed by atoms with Gasteiger partial charge in [0.2, 0.25) is 0 Å². The summed E-state index contributed by atoms with van der Waals surface area (Å²) in [5, 5.41) is 1.88. The lowest BCUT2D eigenvalue weighted by molar-refractivity contribution is 1.17. The van der Waals surface area contributed by atoms with E-state index in [2.05, 4.69) is 11.9 Å². The van der Waals surface area contributed by atoms with Crippen LogP contribution in [0.15, 0.2) is 24.3 Å². The van der Waals surface area contributed by atoms with E-state index in [1.54, 1.807) is 0 Å². The molecule has 1 aromatic carbocycles. The monoisotopic (exact) mass is 178 g/mol. The molecule has 0 aliphatic carbocycles. The van der Waals surface area contributed by atoms with Crippen molar-refractivity contribution in [2.45, 2.75) is 6.42 Å². The van der Waals surface area contributed by atoms with Crippen molar-refractivity contribution in [3.63, 3.8) is 0 Å². The van der Waals surface area contributed by atoms with Crippen LogP contribution < -0.4 is 0 Å². The predicted molar refractivity (Wildman–Crippen MR) is 52.4 cm³/mol. The Morgan fingerprint density at radius 3 is 2.92 bits per heavy atom. The molecule has 0 aliphatic heterocycles. The fourth-order valence-electron chi connectivity index (χ4n) is 1.31. The largest absolute Gasteiger partial charge is 0.358 e. The first-order chi connectivity index (χ1) is 5.81. The van der Waals surface area contributed by atoms with E-state index in [9.17, 15) is 0 Å². The second-order valence-electron chi connectivity index (χ2n) is 2.75. The molecule has 2 heteroatoms. The number of aromatic amines is 1. The van der Waals surface area contributed by atoms with Crippen LogP contribution in [0, 0.1) is 6.92 Å². The molecule has 0 fully saturated rings. The number of H-pyrrole nitrogens is 1. The first-order valence-corrected chi connectivity index (χ1v) is 4.24. The lowest BCUT2D eigenvalue weighted by Crippen LogP contribution is -1.75. The van der Waals surface area contributed by atoms with Gasteiger partial charge in [-0.05, 0) is 31.5 Å². The van der Waals surface area contributed by atoms with E-state index < -0.39 is 0 Å². The van der Waals surface area contributed by atoms with Crippen LogP contribution in [-0.4, -0.2) is 4.98 Å². The average molecular weight is 179 g/mol. The molecular weight excluding hydrogens is 170 g/mol. The quantitative estimate of drug-likeness (QED) is 0.691. The fraction of sp³-hybridized carbons (Fsp3) is 0.100. The molecule has 1 heterocycles. The van der Waals surface area contributed by atoms with Crippen molar-refractivity contribution in [2.75, 3.05) is 0 Å². The molecule has 1 radical (unpaired) electrons. The number of fused-ring (bicyclic) bond motifs is 1. The van der Waals surface area contributed by atoms with Crippen LogP contribution in [0.25, 0.3) is 10.9 Å². The standard InChI is InChI=1S/C10H9ClN/c1-2-7-6-8-9(11)4-3-5-10(8)12-7/h3-6,12H,1-2H2. The molecule has 0 amide bonds. The highest BCUT2D eigenvalue weighted by atomic mass is 35.5. The number of rotatable bonds is 1. The van der Waals surface area contributed by atoms with Gasteiger partial charge in [-0.15, -0.1) is 0 Å². The molecule has 2 rings (SSSR count). The Balaban J connectivity index is 2.74. The SMILES string of the molecule is [CH2]Cc1cc2c(Cl)cccc2[nH]1. The van der Waals surface area contributed by atoms with E-state index >= 15 is 0 Å². The smallest absolute Gasteiger partial charge is 0.0499 e. The maximum absolute atomic E-state index is 5.99. The normalized spacial score (nSPS) is 10.8. The highest BCUT2D eigenvalue weighted by Crippen LogP contribution is 2.23. The molecule has 1 aromatic heterocycles. The number of hydrogen-bond donors (Lipinski definition) is 1. The van der Waals surface area contributed by atoms with Gasteiger partial charge < -0.3 is 4.98 Å². The summed E-state index contributed by atoms with van der Waals surface area (Å²) in [4.78, 5) is 3.24. The third-order valence-corrected chi connectivity index (χ3v) is 2.27. The fourth-order valence-corrected chi connectivity index (χ4v) is 1.54. The molecule has 0 spiro atoms. The minimum Gasteiger partial charge on any atom is -0.358 e. The first-order valence-electron chi connectivity index (χ1n) is 3.86. The third kappa shape index (κ3) is 1.10. The second-order valence-corrected chi connectivity index (χ2v) is 3.15. The summed E-state index contributed by atoms with van der Waals surface area (Å²) in [6.07, 6.45) is 0.769. The molecule has 0 unspecified atom stereocenters. The summed E-state index contributed by atoms with van der Waals surface area (Å²) >= 11 is 5.99. The van der Waals surface area contributed by atoms with Crippen LogP contribution in [0.3, 0.4) is 0 Å². The summed E-state index contributed by atoms with van der Waals surface area (Å²) < 4.78 is 0. The maximum Gasteiger partial charge on any atom is 0.0499 e. The minimum absolute atomic E-state index is 0.769. The molecule has 12 heavy (non-hydrogen) atoms. The van der Waals surface area contributed by atoms with Crippen molar-refractivity contribution in [3.05, 3.63) is 41.9 Å². The summed E-state index contributed by atoms with van der Waals surface area (Å²) in [7, 11) is 0. The number of nitrogens with one attached hydrogen (secondary N) is 1. The van der Waals surface area contributed by atoms with E-state index in [4.69, 9.17) is 11.6 Å². The van der Waals surface area contributed by atoms with Crippen LogP contribution in [0.1, 0.15) is 5.69 Å². The topological polar surface area (TPSA) is 15.8 Å². The third-order valence-electron chi connectivity index (χ3n) is 1.94. The van der Waals surface area contributed by atoms with Crippen molar-refractivity contribution in [2.24, 2.45) is 0 Å². The summed E-state index contributed by atoms with van der Waals surface area (Å²) in [6.45, 7) is 3.81. The second kappa shape index (κ2) is 2.83. The van der Waals surface area contributed by atoms with Crippen LogP contribution in [-0.2, 0) is 6.42 Å². The number of aromatic nitrogens is 1. The lowest BCUT2D eigenvalue weighted by atomic mass is 10.2. The number of halogens is 1. The van der Waals surface area contributed by atoms with Gasteiger partial charge >= 0.3 is 0 Å². The molecule has 0 bridgehead atoms. The molecular formula is C10H9ClN. The number of benzene rings is 1. The lowest BCUT2D eigenvalue weighted by Gasteiger charge is -1.90. The van der Waals surface area contributed by atoms with Gasteiger partial charge in [-0.2, -0.15) is 0 Å². The van der Waals surface area contributed by atoms with Gasteiger partial charge in [0, 0.05) is 21.6 Å². The van der Waals surface area contributed by atoms with E-state index in [1.165, 1.54) is 0 Å². The Kier molecular flexibility index (Phi) is 1.81. The summed E-state index contributed by atoms with van der Waals surface area (Å²) in [5.41, 5.74) is 2.21. The Labute approximate surface area is 76.4 Å². The van der Waals surface area contributed by atoms with Gasteiger partial charge in [0.05, 0.1) is 0 Å². The molecule has 0 atom stereocenters. The van der Waals surface area contributed by atoms with Gasteiger partial charge in [0.1, 0.15) is 0 Å². The molecule has 0 saturated carbocycles. The van der Waals surface area contributed by atoms with Crippen molar-refractivity contribution in [3.8, 4) is 0 Å². The summed E-state index contributed by atoms with van der Waals surface area (Å²) in [6, 6.07) is 7.89. The van der Waals surface area contributed by atoms with Gasteiger partial charge in [-0.1, -0.05) is 17.7 Å². The molecule has 2 aromatic rings. The zero-order valence-electron chi connectivity index (χ0n) is 6.60. The molecule has 0 aliphatic rings. The van der Waals surface area contributed by atoms with Crippen LogP contribution in [0.4, 0.5) is 0 Å². The predicted octanol–water partition coefficient (Wildman–Crippen LogP) is 3.20. The zero-order chi connectivity index (χ0) is 8.55. The van der Waals surface area contributed by atoms with E-state index in [1.807, 2.05) is 24.3 Å². The zero-order valence-corrected chi connectivity index (χ0v) is 7.36. The van der Waals surface area contributed by atoms with Crippen LogP contribution in [0.5, 0.6) is 0 Å². The number of hydrogen-bond acceptors (Lipinski definition) is 0. The molecule has 61 valence electrons. The Morgan fingerprint density at radius 2 is 2.25 bits per heavy atom. The Hall–Kier alpha value is -0.950. The van der Waals surface area contributed by atoms with Crippen LogP contribution in [0.2, 0.25) is 5.02 Å².